The zero-order valence-electron chi connectivity index (χ0n) is 10.1. The summed E-state index contributed by atoms with van der Waals surface area (Å²) in [6.07, 6.45) is 1.51. The summed E-state index contributed by atoms with van der Waals surface area (Å²) in [5, 5.41) is 0. The lowest BCUT2D eigenvalue weighted by atomic mass is 10.2. The average molecular weight is 342 g/mol. The molecule has 0 spiro atoms. The summed E-state index contributed by atoms with van der Waals surface area (Å²) in [6, 6.07) is 8.22. The molecule has 2 aromatic rings. The minimum Gasteiger partial charge on any atom is -0.398 e. The first-order valence-corrected chi connectivity index (χ1v) is 7.67. The SMILES string of the molecule is Cc1cccc(N)c1S(=O)(=O)Nc1ccc(Br)cn1. The summed E-state index contributed by atoms with van der Waals surface area (Å²) in [5.74, 6) is 0.242. The van der Waals surface area contributed by atoms with Gasteiger partial charge in [-0.1, -0.05) is 12.1 Å². The third kappa shape index (κ3) is 3.05. The number of hydrogen-bond donors (Lipinski definition) is 2. The van der Waals surface area contributed by atoms with E-state index in [1.165, 1.54) is 6.20 Å². The van der Waals surface area contributed by atoms with E-state index in [-0.39, 0.29) is 16.4 Å². The normalized spacial score (nSPS) is 11.3. The molecule has 1 aromatic heterocycles. The fourth-order valence-electron chi connectivity index (χ4n) is 1.67. The van der Waals surface area contributed by atoms with Gasteiger partial charge in [0, 0.05) is 10.7 Å². The summed E-state index contributed by atoms with van der Waals surface area (Å²) in [7, 11) is -3.74. The molecule has 1 heterocycles. The lowest BCUT2D eigenvalue weighted by Crippen LogP contribution is -2.16. The molecule has 0 atom stereocenters. The predicted molar refractivity (Wildman–Crippen MR) is 78.3 cm³/mol. The van der Waals surface area contributed by atoms with Gasteiger partial charge in [-0.15, -0.1) is 0 Å². The number of nitrogen functional groups attached to an aromatic ring is 1. The van der Waals surface area contributed by atoms with Gasteiger partial charge in [0.1, 0.15) is 10.7 Å². The summed E-state index contributed by atoms with van der Waals surface area (Å²) < 4.78 is 27.7. The second-order valence-corrected chi connectivity index (χ2v) is 6.50. The number of nitrogens with zero attached hydrogens (tertiary/aromatic N) is 1. The molecule has 19 heavy (non-hydrogen) atoms. The molecule has 7 heteroatoms. The quantitative estimate of drug-likeness (QED) is 0.840. The van der Waals surface area contributed by atoms with Crippen LogP contribution in [0.1, 0.15) is 5.56 Å². The van der Waals surface area contributed by atoms with Crippen LogP contribution in [0.3, 0.4) is 0 Å². The maximum atomic E-state index is 12.3. The smallest absolute Gasteiger partial charge is 0.265 e. The highest BCUT2D eigenvalue weighted by Crippen LogP contribution is 2.24. The lowest BCUT2D eigenvalue weighted by molar-refractivity contribution is 0.601. The number of sulfonamides is 1. The van der Waals surface area contributed by atoms with E-state index in [1.54, 1.807) is 37.3 Å². The van der Waals surface area contributed by atoms with Gasteiger partial charge in [0.05, 0.1) is 5.69 Å². The van der Waals surface area contributed by atoms with Crippen molar-refractivity contribution in [3.8, 4) is 0 Å². The van der Waals surface area contributed by atoms with Crippen molar-refractivity contribution in [3.05, 3.63) is 46.6 Å². The molecule has 5 nitrogen and oxygen atoms in total. The summed E-state index contributed by atoms with van der Waals surface area (Å²) >= 11 is 3.23. The van der Waals surface area contributed by atoms with E-state index in [1.807, 2.05) is 0 Å². The van der Waals surface area contributed by atoms with Crippen LogP contribution in [0.15, 0.2) is 45.9 Å². The molecule has 2 rings (SSSR count). The van der Waals surface area contributed by atoms with Gasteiger partial charge < -0.3 is 5.73 Å². The van der Waals surface area contributed by atoms with Crippen LogP contribution < -0.4 is 10.5 Å². The van der Waals surface area contributed by atoms with E-state index >= 15 is 0 Å². The van der Waals surface area contributed by atoms with E-state index < -0.39 is 10.0 Å². The third-order valence-corrected chi connectivity index (χ3v) is 4.52. The van der Waals surface area contributed by atoms with Crippen molar-refractivity contribution in [1.29, 1.82) is 0 Å². The van der Waals surface area contributed by atoms with Crippen molar-refractivity contribution in [2.75, 3.05) is 10.5 Å². The van der Waals surface area contributed by atoms with Crippen LogP contribution in [0.25, 0.3) is 0 Å². The monoisotopic (exact) mass is 341 g/mol. The Morgan fingerprint density at radius 3 is 2.58 bits per heavy atom. The second kappa shape index (κ2) is 5.18. The van der Waals surface area contributed by atoms with Gasteiger partial charge in [-0.2, -0.15) is 0 Å². The topological polar surface area (TPSA) is 85.1 Å². The van der Waals surface area contributed by atoms with E-state index in [0.29, 0.717) is 5.56 Å². The van der Waals surface area contributed by atoms with Crippen LogP contribution in [0.4, 0.5) is 11.5 Å². The Hall–Kier alpha value is -1.60. The molecule has 0 saturated heterocycles. The molecule has 3 N–H and O–H groups in total. The number of rotatable bonds is 3. The van der Waals surface area contributed by atoms with Gasteiger partial charge in [-0.3, -0.25) is 4.72 Å². The van der Waals surface area contributed by atoms with Crippen LogP contribution in [0.2, 0.25) is 0 Å². The maximum Gasteiger partial charge on any atom is 0.265 e. The number of pyridine rings is 1. The molecule has 0 bridgehead atoms. The number of nitrogens with one attached hydrogen (secondary N) is 1. The molecule has 0 aliphatic rings. The molecule has 0 saturated carbocycles. The van der Waals surface area contributed by atoms with Crippen LogP contribution in [0.5, 0.6) is 0 Å². The minimum atomic E-state index is -3.74. The lowest BCUT2D eigenvalue weighted by Gasteiger charge is -2.11. The van der Waals surface area contributed by atoms with Crippen molar-refractivity contribution in [2.24, 2.45) is 0 Å². The highest BCUT2D eigenvalue weighted by molar-refractivity contribution is 9.10. The Morgan fingerprint density at radius 2 is 2.00 bits per heavy atom. The predicted octanol–water partition coefficient (Wildman–Crippen LogP) is 2.54. The number of aryl methyl sites for hydroxylation is 1. The molecule has 100 valence electrons. The third-order valence-electron chi connectivity index (χ3n) is 2.48. The highest BCUT2D eigenvalue weighted by atomic mass is 79.9. The van der Waals surface area contributed by atoms with Gasteiger partial charge in [-0.25, -0.2) is 13.4 Å². The highest BCUT2D eigenvalue weighted by Gasteiger charge is 2.20. The summed E-state index contributed by atoms with van der Waals surface area (Å²) in [5.41, 5.74) is 6.54. The zero-order valence-corrected chi connectivity index (χ0v) is 12.5. The van der Waals surface area contributed by atoms with Crippen molar-refractivity contribution >= 4 is 37.5 Å². The number of hydrogen-bond acceptors (Lipinski definition) is 4. The molecular weight excluding hydrogens is 330 g/mol. The van der Waals surface area contributed by atoms with E-state index in [9.17, 15) is 8.42 Å². The van der Waals surface area contributed by atoms with Crippen LogP contribution in [-0.4, -0.2) is 13.4 Å². The van der Waals surface area contributed by atoms with Crippen LogP contribution in [0, 0.1) is 6.92 Å². The standard InChI is InChI=1S/C12H12BrN3O2S/c1-8-3-2-4-10(14)12(8)19(17,18)16-11-6-5-9(13)7-15-11/h2-7H,14H2,1H3,(H,15,16). The van der Waals surface area contributed by atoms with Crippen molar-refractivity contribution < 1.29 is 8.42 Å². The van der Waals surface area contributed by atoms with Crippen LogP contribution >= 0.6 is 15.9 Å². The Bertz CT molecular complexity index is 679. The fourth-order valence-corrected chi connectivity index (χ4v) is 3.27. The molecule has 0 fully saturated rings. The van der Waals surface area contributed by atoms with Gasteiger partial charge >= 0.3 is 0 Å². The Morgan fingerprint density at radius 1 is 1.26 bits per heavy atom. The molecule has 1 aromatic carbocycles. The maximum absolute atomic E-state index is 12.3. The first kappa shape index (κ1) is 13.8. The summed E-state index contributed by atoms with van der Waals surface area (Å²) in [6.45, 7) is 1.69. The zero-order chi connectivity index (χ0) is 14.0. The molecule has 0 aliphatic heterocycles. The van der Waals surface area contributed by atoms with E-state index in [0.717, 1.165) is 4.47 Å². The fraction of sp³-hybridized carbons (Fsp3) is 0.0833. The average Bonchev–Trinajstić information content (AvgIpc) is 2.31. The van der Waals surface area contributed by atoms with Crippen molar-refractivity contribution in [3.63, 3.8) is 0 Å². The second-order valence-electron chi connectivity index (χ2n) is 3.96. The molecule has 0 aliphatic carbocycles. The number of benzene rings is 1. The number of aromatic nitrogens is 1. The van der Waals surface area contributed by atoms with Gasteiger partial charge in [0.2, 0.25) is 0 Å². The molecule has 0 unspecified atom stereocenters. The van der Waals surface area contributed by atoms with Crippen LogP contribution in [-0.2, 0) is 10.0 Å². The number of halogens is 1. The Kier molecular flexibility index (Phi) is 3.77. The number of nitrogens with two attached hydrogens (primary N) is 1. The first-order chi connectivity index (χ1) is 8.90. The van der Waals surface area contributed by atoms with E-state index in [4.69, 9.17) is 5.73 Å². The molecular formula is C12H12BrN3O2S. The van der Waals surface area contributed by atoms with Gasteiger partial charge in [0.15, 0.2) is 0 Å². The van der Waals surface area contributed by atoms with Gasteiger partial charge in [-0.05, 0) is 46.6 Å². The number of anilines is 2. The van der Waals surface area contributed by atoms with E-state index in [2.05, 4.69) is 25.6 Å². The van der Waals surface area contributed by atoms with Gasteiger partial charge in [0.25, 0.3) is 10.0 Å². The first-order valence-electron chi connectivity index (χ1n) is 5.39. The molecule has 0 radical (unpaired) electrons. The minimum absolute atomic E-state index is 0.0831. The Balaban J connectivity index is 2.41. The van der Waals surface area contributed by atoms with Crippen molar-refractivity contribution in [1.82, 2.24) is 4.98 Å². The Labute approximate surface area is 120 Å². The molecule has 0 amide bonds. The van der Waals surface area contributed by atoms with Crippen molar-refractivity contribution in [2.45, 2.75) is 11.8 Å². The largest absolute Gasteiger partial charge is 0.398 e. The summed E-state index contributed by atoms with van der Waals surface area (Å²) in [4.78, 5) is 4.05.